The van der Waals surface area contributed by atoms with Crippen molar-refractivity contribution in [2.45, 2.75) is 65.2 Å². The lowest BCUT2D eigenvalue weighted by Gasteiger charge is -2.31. The van der Waals surface area contributed by atoms with E-state index in [1.54, 1.807) is 0 Å². The van der Waals surface area contributed by atoms with E-state index in [9.17, 15) is 4.79 Å². The van der Waals surface area contributed by atoms with Gasteiger partial charge in [-0.15, -0.1) is 0 Å². The summed E-state index contributed by atoms with van der Waals surface area (Å²) in [5.74, 6) is 2.80. The first-order valence-corrected chi connectivity index (χ1v) is 11.0. The largest absolute Gasteiger partial charge is 0.357 e. The smallest absolute Gasteiger partial charge is 0.224 e. The number of rotatable bonds is 5. The predicted octanol–water partition coefficient (Wildman–Crippen LogP) is 5.69. The van der Waals surface area contributed by atoms with Gasteiger partial charge in [0.05, 0.1) is 5.52 Å². The summed E-state index contributed by atoms with van der Waals surface area (Å²) in [4.78, 5) is 19.7. The molecule has 4 heteroatoms. The van der Waals surface area contributed by atoms with Gasteiger partial charge >= 0.3 is 0 Å². The van der Waals surface area contributed by atoms with Crippen LogP contribution in [0, 0.1) is 18.8 Å². The molecule has 150 valence electrons. The standard InChI is InChI=1S/C24H33N3O/c1-17-11-13-27(14-12-17)23-15-18(2)21-16-20(8-9-22(21)26-23)25-24(28)10-7-19-5-3-4-6-19/h8-9,15-17,19H,3-7,10-14H2,1-2H3,(H,25,28). The molecule has 2 aliphatic rings. The van der Waals surface area contributed by atoms with E-state index in [0.717, 1.165) is 53.8 Å². The summed E-state index contributed by atoms with van der Waals surface area (Å²) in [6.45, 7) is 6.66. The number of aryl methyl sites for hydroxylation is 1. The molecule has 1 amide bonds. The fourth-order valence-corrected chi connectivity index (χ4v) is 4.71. The predicted molar refractivity (Wildman–Crippen MR) is 117 cm³/mol. The van der Waals surface area contributed by atoms with Crippen LogP contribution in [0.5, 0.6) is 0 Å². The first-order valence-electron chi connectivity index (χ1n) is 11.0. The van der Waals surface area contributed by atoms with Crippen molar-refractivity contribution in [1.82, 2.24) is 4.98 Å². The van der Waals surface area contributed by atoms with Crippen LogP contribution in [0.1, 0.15) is 63.9 Å². The van der Waals surface area contributed by atoms with Crippen molar-refractivity contribution >= 4 is 28.3 Å². The van der Waals surface area contributed by atoms with Gasteiger partial charge in [-0.2, -0.15) is 0 Å². The van der Waals surface area contributed by atoms with Gasteiger partial charge < -0.3 is 10.2 Å². The Kier molecular flexibility index (Phi) is 5.84. The monoisotopic (exact) mass is 379 g/mol. The van der Waals surface area contributed by atoms with Crippen LogP contribution in [-0.4, -0.2) is 24.0 Å². The number of nitrogens with zero attached hydrogens (tertiary/aromatic N) is 2. The molecule has 28 heavy (non-hydrogen) atoms. The summed E-state index contributed by atoms with van der Waals surface area (Å²) in [5.41, 5.74) is 3.12. The maximum absolute atomic E-state index is 12.3. The summed E-state index contributed by atoms with van der Waals surface area (Å²) in [6.07, 6.45) is 9.40. The molecule has 1 aromatic carbocycles. The molecule has 0 unspecified atom stereocenters. The second-order valence-electron chi connectivity index (χ2n) is 8.94. The summed E-state index contributed by atoms with van der Waals surface area (Å²) in [7, 11) is 0. The third-order valence-electron chi connectivity index (χ3n) is 6.65. The maximum Gasteiger partial charge on any atom is 0.224 e. The Morgan fingerprint density at radius 3 is 2.64 bits per heavy atom. The SMILES string of the molecule is Cc1cc(N2CCC(C)CC2)nc2ccc(NC(=O)CCC3CCCC3)cc12. The van der Waals surface area contributed by atoms with Crippen LogP contribution in [0.3, 0.4) is 0 Å². The molecule has 1 saturated heterocycles. The number of carbonyl (C=O) groups is 1. The highest BCUT2D eigenvalue weighted by molar-refractivity contribution is 5.94. The first-order chi connectivity index (χ1) is 13.6. The number of piperidine rings is 1. The molecule has 0 bridgehead atoms. The summed E-state index contributed by atoms with van der Waals surface area (Å²) in [6, 6.07) is 8.31. The number of anilines is 2. The molecule has 1 aliphatic heterocycles. The Bertz CT molecular complexity index is 833. The minimum absolute atomic E-state index is 0.135. The van der Waals surface area contributed by atoms with Crippen molar-refractivity contribution in [2.24, 2.45) is 11.8 Å². The Hall–Kier alpha value is -2.10. The van der Waals surface area contributed by atoms with E-state index in [-0.39, 0.29) is 5.91 Å². The fourth-order valence-electron chi connectivity index (χ4n) is 4.71. The number of amides is 1. The zero-order valence-electron chi connectivity index (χ0n) is 17.3. The van der Waals surface area contributed by atoms with Gasteiger partial charge in [-0.05, 0) is 67.9 Å². The number of pyridine rings is 1. The third kappa shape index (κ3) is 4.48. The van der Waals surface area contributed by atoms with Crippen molar-refractivity contribution in [3.8, 4) is 0 Å². The van der Waals surface area contributed by atoms with Gasteiger partial charge in [0.15, 0.2) is 0 Å². The minimum Gasteiger partial charge on any atom is -0.357 e. The number of aromatic nitrogens is 1. The number of hydrogen-bond acceptors (Lipinski definition) is 3. The third-order valence-corrected chi connectivity index (χ3v) is 6.65. The first kappa shape index (κ1) is 19.2. The van der Waals surface area contributed by atoms with E-state index in [1.165, 1.54) is 44.1 Å². The highest BCUT2D eigenvalue weighted by Gasteiger charge is 2.18. The molecule has 1 saturated carbocycles. The number of benzene rings is 1. The molecule has 2 aromatic rings. The number of hydrogen-bond donors (Lipinski definition) is 1. The van der Waals surface area contributed by atoms with E-state index < -0.39 is 0 Å². The maximum atomic E-state index is 12.3. The van der Waals surface area contributed by atoms with Crippen molar-refractivity contribution in [3.63, 3.8) is 0 Å². The number of nitrogens with one attached hydrogen (secondary N) is 1. The van der Waals surface area contributed by atoms with Crippen LogP contribution in [0.25, 0.3) is 10.9 Å². The van der Waals surface area contributed by atoms with Crippen LogP contribution >= 0.6 is 0 Å². The Labute approximate surface area is 168 Å². The van der Waals surface area contributed by atoms with Gasteiger partial charge in [-0.1, -0.05) is 32.6 Å². The lowest BCUT2D eigenvalue weighted by atomic mass is 9.99. The van der Waals surface area contributed by atoms with Gasteiger partial charge in [0.2, 0.25) is 5.91 Å². The van der Waals surface area contributed by atoms with E-state index in [0.29, 0.717) is 6.42 Å². The molecule has 2 heterocycles. The zero-order valence-corrected chi connectivity index (χ0v) is 17.3. The molecule has 2 fully saturated rings. The average Bonchev–Trinajstić information content (AvgIpc) is 3.21. The van der Waals surface area contributed by atoms with Crippen LogP contribution < -0.4 is 10.2 Å². The van der Waals surface area contributed by atoms with E-state index in [4.69, 9.17) is 4.98 Å². The van der Waals surface area contributed by atoms with Gasteiger partial charge in [-0.3, -0.25) is 4.79 Å². The molecule has 1 aromatic heterocycles. The second kappa shape index (κ2) is 8.50. The normalized spacial score (nSPS) is 18.7. The van der Waals surface area contributed by atoms with Crippen molar-refractivity contribution in [3.05, 3.63) is 29.8 Å². The molecule has 0 spiro atoms. The van der Waals surface area contributed by atoms with Gasteiger partial charge in [0.1, 0.15) is 5.82 Å². The van der Waals surface area contributed by atoms with Gasteiger partial charge in [0.25, 0.3) is 0 Å². The Morgan fingerprint density at radius 1 is 1.14 bits per heavy atom. The van der Waals surface area contributed by atoms with Crippen molar-refractivity contribution < 1.29 is 4.79 Å². The summed E-state index contributed by atoms with van der Waals surface area (Å²) >= 11 is 0. The number of carbonyl (C=O) groups excluding carboxylic acids is 1. The highest BCUT2D eigenvalue weighted by Crippen LogP contribution is 2.30. The lowest BCUT2D eigenvalue weighted by molar-refractivity contribution is -0.116. The molecule has 1 N–H and O–H groups in total. The van der Waals surface area contributed by atoms with Crippen molar-refractivity contribution in [1.29, 1.82) is 0 Å². The summed E-state index contributed by atoms with van der Waals surface area (Å²) in [5, 5.41) is 4.22. The van der Waals surface area contributed by atoms with Crippen LogP contribution in [-0.2, 0) is 4.79 Å². The van der Waals surface area contributed by atoms with Crippen LogP contribution in [0.15, 0.2) is 24.3 Å². The molecule has 1 aliphatic carbocycles. The minimum atomic E-state index is 0.135. The van der Waals surface area contributed by atoms with Crippen molar-refractivity contribution in [2.75, 3.05) is 23.3 Å². The Morgan fingerprint density at radius 2 is 1.89 bits per heavy atom. The molecular formula is C24H33N3O. The lowest BCUT2D eigenvalue weighted by Crippen LogP contribution is -2.33. The van der Waals surface area contributed by atoms with E-state index in [1.807, 2.05) is 12.1 Å². The second-order valence-corrected chi connectivity index (χ2v) is 8.94. The molecule has 0 radical (unpaired) electrons. The molecule has 4 nitrogen and oxygen atoms in total. The van der Waals surface area contributed by atoms with E-state index in [2.05, 4.69) is 36.2 Å². The van der Waals surface area contributed by atoms with Gasteiger partial charge in [0, 0.05) is 30.6 Å². The summed E-state index contributed by atoms with van der Waals surface area (Å²) < 4.78 is 0. The quantitative estimate of drug-likeness (QED) is 0.726. The van der Waals surface area contributed by atoms with Crippen LogP contribution in [0.4, 0.5) is 11.5 Å². The average molecular weight is 380 g/mol. The van der Waals surface area contributed by atoms with E-state index >= 15 is 0 Å². The highest BCUT2D eigenvalue weighted by atomic mass is 16.1. The topological polar surface area (TPSA) is 45.2 Å². The van der Waals surface area contributed by atoms with Crippen LogP contribution in [0.2, 0.25) is 0 Å². The molecule has 4 rings (SSSR count). The zero-order chi connectivity index (χ0) is 19.5. The number of fused-ring (bicyclic) bond motifs is 1. The fraction of sp³-hybridized carbons (Fsp3) is 0.583. The Balaban J connectivity index is 1.44. The molecule has 0 atom stereocenters. The van der Waals surface area contributed by atoms with Gasteiger partial charge in [-0.25, -0.2) is 4.98 Å². The molecular weight excluding hydrogens is 346 g/mol.